The Balaban J connectivity index is 1.48. The molecular weight excluding hydrogens is 549 g/mol. The summed E-state index contributed by atoms with van der Waals surface area (Å²) in [4.78, 5) is 41.3. The molecule has 0 spiro atoms. The Bertz CT molecular complexity index is 1620. The van der Waals surface area contributed by atoms with Crippen LogP contribution in [0.25, 0.3) is 5.57 Å². The van der Waals surface area contributed by atoms with E-state index in [9.17, 15) is 18.4 Å². The molecule has 10 nitrogen and oxygen atoms in total. The van der Waals surface area contributed by atoms with Gasteiger partial charge >= 0.3 is 0 Å². The second-order valence-corrected chi connectivity index (χ2v) is 10.3. The molecule has 4 heterocycles. The summed E-state index contributed by atoms with van der Waals surface area (Å²) in [6, 6.07) is 5.67. The maximum absolute atomic E-state index is 15.7. The lowest BCUT2D eigenvalue weighted by Crippen LogP contribution is -2.50. The second kappa shape index (κ2) is 12.0. The SMILES string of the molecule is CC1CN(c2cc(F)c(C3=CCN(c4cnc(C#N)nc4)CC3)cc2NC(=O)c2c[nH]c(=O)cc2C(F)F)CCN1C. The summed E-state index contributed by atoms with van der Waals surface area (Å²) in [5, 5.41) is 11.7. The number of hydrogen-bond acceptors (Lipinski definition) is 8. The Kier molecular flexibility index (Phi) is 8.26. The molecule has 1 saturated heterocycles. The molecule has 1 aromatic carbocycles. The zero-order chi connectivity index (χ0) is 30.0. The molecule has 2 aliphatic heterocycles. The third-order valence-electron chi connectivity index (χ3n) is 7.73. The van der Waals surface area contributed by atoms with Crippen molar-refractivity contribution in [1.29, 1.82) is 5.26 Å². The van der Waals surface area contributed by atoms with Crippen molar-refractivity contribution in [2.45, 2.75) is 25.8 Å². The molecular formula is C29H29F3N8O2. The average molecular weight is 579 g/mol. The lowest BCUT2D eigenvalue weighted by atomic mass is 9.97. The van der Waals surface area contributed by atoms with Crippen LogP contribution in [0.1, 0.15) is 47.1 Å². The first-order valence-electron chi connectivity index (χ1n) is 13.4. The van der Waals surface area contributed by atoms with Crippen molar-refractivity contribution >= 4 is 28.5 Å². The van der Waals surface area contributed by atoms with Crippen LogP contribution in [0.4, 0.5) is 30.2 Å². The Labute approximate surface area is 240 Å². The van der Waals surface area contributed by atoms with Gasteiger partial charge in [0.25, 0.3) is 12.3 Å². The molecule has 0 saturated carbocycles. The van der Waals surface area contributed by atoms with E-state index in [2.05, 4.69) is 25.2 Å². The highest BCUT2D eigenvalue weighted by molar-refractivity contribution is 6.07. The largest absolute Gasteiger partial charge is 0.367 e. The fourth-order valence-corrected chi connectivity index (χ4v) is 5.18. The van der Waals surface area contributed by atoms with Crippen LogP contribution in [0, 0.1) is 17.1 Å². The number of piperazine rings is 1. The van der Waals surface area contributed by atoms with Gasteiger partial charge in [-0.1, -0.05) is 6.08 Å². The van der Waals surface area contributed by atoms with E-state index in [0.717, 1.165) is 17.5 Å². The Morgan fingerprint density at radius 3 is 2.57 bits per heavy atom. The van der Waals surface area contributed by atoms with E-state index in [-0.39, 0.29) is 23.1 Å². The van der Waals surface area contributed by atoms with Crippen LogP contribution in [0.15, 0.2) is 47.7 Å². The van der Waals surface area contributed by atoms with E-state index >= 15 is 4.39 Å². The van der Waals surface area contributed by atoms with Crippen molar-refractivity contribution in [3.8, 4) is 6.07 Å². The molecule has 0 aliphatic carbocycles. The number of amides is 1. The maximum atomic E-state index is 15.7. The van der Waals surface area contributed by atoms with E-state index in [1.165, 1.54) is 6.07 Å². The number of carbonyl (C=O) groups is 1. The van der Waals surface area contributed by atoms with Crippen molar-refractivity contribution in [3.63, 3.8) is 0 Å². The maximum Gasteiger partial charge on any atom is 0.264 e. The Hall–Kier alpha value is -4.70. The predicted octanol–water partition coefficient (Wildman–Crippen LogP) is 3.80. The van der Waals surface area contributed by atoms with Crippen LogP contribution >= 0.6 is 0 Å². The van der Waals surface area contributed by atoms with E-state index < -0.39 is 29.3 Å². The lowest BCUT2D eigenvalue weighted by Gasteiger charge is -2.40. The van der Waals surface area contributed by atoms with Gasteiger partial charge in [0, 0.05) is 62.2 Å². The van der Waals surface area contributed by atoms with Crippen LogP contribution in [0.5, 0.6) is 0 Å². The second-order valence-electron chi connectivity index (χ2n) is 10.3. The van der Waals surface area contributed by atoms with Gasteiger partial charge < -0.3 is 25.0 Å². The normalized spacial score (nSPS) is 17.6. The highest BCUT2D eigenvalue weighted by Gasteiger charge is 2.27. The first kappa shape index (κ1) is 28.8. The van der Waals surface area contributed by atoms with Crippen LogP contribution in [0.2, 0.25) is 0 Å². The summed E-state index contributed by atoms with van der Waals surface area (Å²) in [6.45, 7) is 4.89. The van der Waals surface area contributed by atoms with E-state index in [4.69, 9.17) is 5.26 Å². The van der Waals surface area contributed by atoms with Crippen LogP contribution in [-0.2, 0) is 0 Å². The Morgan fingerprint density at radius 1 is 1.17 bits per heavy atom. The molecule has 2 aliphatic rings. The van der Waals surface area contributed by atoms with Gasteiger partial charge in [-0.2, -0.15) is 5.26 Å². The van der Waals surface area contributed by atoms with Gasteiger partial charge in [0.1, 0.15) is 11.9 Å². The molecule has 0 radical (unpaired) electrons. The number of halogens is 3. The van der Waals surface area contributed by atoms with Gasteiger partial charge in [0.2, 0.25) is 11.4 Å². The first-order valence-corrected chi connectivity index (χ1v) is 13.4. The van der Waals surface area contributed by atoms with Crippen LogP contribution in [-0.4, -0.2) is 71.6 Å². The number of carbonyl (C=O) groups excluding carboxylic acids is 1. The standard InChI is InChI=1S/C29H29F3N8O2/c1-17-16-40(8-7-38(17)2)25-11-23(30)20(18-3-5-39(6-4-18)19-13-34-26(12-33)35-14-19)9-24(25)37-29(42)22-15-36-27(41)10-21(22)28(31)32/h3,9-11,13-15,17,28H,4-8,16H2,1-2H3,(H,36,41)(H,37,42). The van der Waals surface area contributed by atoms with E-state index in [0.29, 0.717) is 56.5 Å². The topological polar surface area (TPSA) is 121 Å². The molecule has 2 N–H and O–H groups in total. The van der Waals surface area contributed by atoms with Gasteiger partial charge in [-0.15, -0.1) is 0 Å². The van der Waals surface area contributed by atoms with Crippen molar-refractivity contribution in [2.24, 2.45) is 0 Å². The number of nitriles is 1. The van der Waals surface area contributed by atoms with Crippen LogP contribution < -0.4 is 20.7 Å². The third-order valence-corrected chi connectivity index (χ3v) is 7.73. The van der Waals surface area contributed by atoms with Crippen molar-refractivity contribution < 1.29 is 18.0 Å². The smallest absolute Gasteiger partial charge is 0.264 e. The number of nitrogens with zero attached hydrogens (tertiary/aromatic N) is 6. The third kappa shape index (κ3) is 5.99. The minimum Gasteiger partial charge on any atom is -0.367 e. The first-order chi connectivity index (χ1) is 20.1. The molecule has 0 bridgehead atoms. The molecule has 1 fully saturated rings. The number of hydrogen-bond donors (Lipinski definition) is 2. The minimum atomic E-state index is -3.04. The number of aromatic nitrogens is 3. The lowest BCUT2D eigenvalue weighted by molar-refractivity contribution is 0.101. The monoisotopic (exact) mass is 578 g/mol. The van der Waals surface area contributed by atoms with Crippen LogP contribution in [0.3, 0.4) is 0 Å². The number of aromatic amines is 1. The molecule has 2 aromatic heterocycles. The van der Waals surface area contributed by atoms with Gasteiger partial charge in [0.15, 0.2) is 0 Å². The van der Waals surface area contributed by atoms with Gasteiger partial charge in [-0.3, -0.25) is 9.59 Å². The quantitative estimate of drug-likeness (QED) is 0.453. The zero-order valence-electron chi connectivity index (χ0n) is 23.1. The summed E-state index contributed by atoms with van der Waals surface area (Å²) < 4.78 is 43.1. The van der Waals surface area contributed by atoms with Gasteiger partial charge in [-0.05, 0) is 38.1 Å². The molecule has 1 atom stereocenters. The molecule has 1 unspecified atom stereocenters. The van der Waals surface area contributed by atoms with Crippen molar-refractivity contribution in [2.75, 3.05) is 54.9 Å². The number of H-pyrrole nitrogens is 1. The summed E-state index contributed by atoms with van der Waals surface area (Å²) in [5.74, 6) is -1.23. The summed E-state index contributed by atoms with van der Waals surface area (Å²) in [5.41, 5.74) is 0.674. The predicted molar refractivity (Wildman–Crippen MR) is 152 cm³/mol. The van der Waals surface area contributed by atoms with Gasteiger partial charge in [0.05, 0.1) is 35.0 Å². The summed E-state index contributed by atoms with van der Waals surface area (Å²) in [6.07, 6.45) is 3.41. The number of rotatable bonds is 6. The fraction of sp³-hybridized carbons (Fsp3) is 0.345. The number of likely N-dealkylation sites (N-methyl/N-ethyl adjacent to an activating group) is 1. The number of anilines is 3. The molecule has 1 amide bonds. The van der Waals surface area contributed by atoms with Crippen molar-refractivity contribution in [3.05, 3.63) is 81.6 Å². The molecule has 5 rings (SSSR count). The van der Waals surface area contributed by atoms with Gasteiger partial charge in [-0.25, -0.2) is 23.1 Å². The van der Waals surface area contributed by atoms with E-state index in [1.807, 2.05) is 35.9 Å². The average Bonchev–Trinajstić information content (AvgIpc) is 2.99. The zero-order valence-corrected chi connectivity index (χ0v) is 23.1. The summed E-state index contributed by atoms with van der Waals surface area (Å²) >= 11 is 0. The number of pyridine rings is 1. The highest BCUT2D eigenvalue weighted by atomic mass is 19.3. The number of alkyl halides is 2. The molecule has 13 heteroatoms. The molecule has 3 aromatic rings. The Morgan fingerprint density at radius 2 is 1.93 bits per heavy atom. The van der Waals surface area contributed by atoms with E-state index in [1.54, 1.807) is 18.5 Å². The molecule has 42 heavy (non-hydrogen) atoms. The van der Waals surface area contributed by atoms with Crippen molar-refractivity contribution in [1.82, 2.24) is 19.9 Å². The number of benzene rings is 1. The summed E-state index contributed by atoms with van der Waals surface area (Å²) in [7, 11) is 2.00. The fourth-order valence-electron chi connectivity index (χ4n) is 5.18. The molecule has 218 valence electrons. The number of nitrogens with one attached hydrogen (secondary N) is 2. The minimum absolute atomic E-state index is 0.0704. The highest BCUT2D eigenvalue weighted by Crippen LogP contribution is 2.36.